The molecule has 0 aromatic carbocycles. The van der Waals surface area contributed by atoms with E-state index in [9.17, 15) is 4.79 Å². The van der Waals surface area contributed by atoms with Gasteiger partial charge in [-0.15, -0.1) is 11.3 Å². The van der Waals surface area contributed by atoms with Crippen molar-refractivity contribution in [1.29, 1.82) is 5.26 Å². The number of nitrogens with zero attached hydrogens (tertiary/aromatic N) is 2. The van der Waals surface area contributed by atoms with Crippen LogP contribution in [-0.4, -0.2) is 10.9 Å². The second-order valence-corrected chi connectivity index (χ2v) is 3.57. The van der Waals surface area contributed by atoms with Crippen LogP contribution in [0.2, 0.25) is 0 Å². The molecule has 2 heterocycles. The molecule has 0 spiro atoms. The topological polar surface area (TPSA) is 45.8 Å². The molecule has 0 saturated carbocycles. The Hall–Kier alpha value is -1.86. The van der Waals surface area contributed by atoms with E-state index in [1.807, 2.05) is 5.38 Å². The zero-order valence-corrected chi connectivity index (χ0v) is 7.99. The van der Waals surface area contributed by atoms with Gasteiger partial charge < -0.3 is 4.57 Å². The molecule has 14 heavy (non-hydrogen) atoms. The van der Waals surface area contributed by atoms with Crippen LogP contribution in [0.1, 0.15) is 16.1 Å². The third kappa shape index (κ3) is 1.24. The number of hydrogen-bond acceptors (Lipinski definition) is 3. The first kappa shape index (κ1) is 8.73. The number of thiophene rings is 1. The van der Waals surface area contributed by atoms with Gasteiger partial charge in [-0.1, -0.05) is 0 Å². The Bertz CT molecular complexity index is 504. The van der Waals surface area contributed by atoms with Crippen LogP contribution >= 0.6 is 11.3 Å². The highest BCUT2D eigenvalue weighted by Gasteiger charge is 2.08. The SMILES string of the molecule is N#Cc1ccsc1-n1cccc1C=O. The van der Waals surface area contributed by atoms with Crippen molar-refractivity contribution in [2.24, 2.45) is 0 Å². The molecule has 0 aliphatic heterocycles. The molecule has 0 aliphatic carbocycles. The van der Waals surface area contributed by atoms with Crippen molar-refractivity contribution in [3.05, 3.63) is 41.0 Å². The lowest BCUT2D eigenvalue weighted by molar-refractivity contribution is 0.111. The quantitative estimate of drug-likeness (QED) is 0.701. The van der Waals surface area contributed by atoms with Crippen LogP contribution < -0.4 is 0 Å². The molecule has 0 unspecified atom stereocenters. The van der Waals surface area contributed by atoms with Crippen LogP contribution in [0.5, 0.6) is 0 Å². The summed E-state index contributed by atoms with van der Waals surface area (Å²) in [5.41, 5.74) is 1.15. The first-order valence-corrected chi connectivity index (χ1v) is 4.85. The van der Waals surface area contributed by atoms with Gasteiger partial charge in [-0.05, 0) is 23.6 Å². The molecule has 2 rings (SSSR count). The fourth-order valence-electron chi connectivity index (χ4n) is 1.25. The molecule has 0 aliphatic rings. The minimum Gasteiger partial charge on any atom is -0.304 e. The number of rotatable bonds is 2. The highest BCUT2D eigenvalue weighted by Crippen LogP contribution is 2.22. The van der Waals surface area contributed by atoms with Gasteiger partial charge in [0.05, 0.1) is 11.3 Å². The Morgan fingerprint density at radius 1 is 1.50 bits per heavy atom. The molecule has 68 valence electrons. The molecule has 0 saturated heterocycles. The molecule has 2 aromatic rings. The summed E-state index contributed by atoms with van der Waals surface area (Å²) in [6.07, 6.45) is 2.55. The van der Waals surface area contributed by atoms with E-state index in [-0.39, 0.29) is 0 Å². The van der Waals surface area contributed by atoms with E-state index in [0.717, 1.165) is 11.3 Å². The molecule has 0 atom stereocenters. The zero-order valence-electron chi connectivity index (χ0n) is 7.18. The zero-order chi connectivity index (χ0) is 9.97. The summed E-state index contributed by atoms with van der Waals surface area (Å²) in [5.74, 6) is 0. The molecule has 4 heteroatoms. The number of hydrogen-bond donors (Lipinski definition) is 0. The van der Waals surface area contributed by atoms with Crippen molar-refractivity contribution < 1.29 is 4.79 Å². The maximum absolute atomic E-state index is 10.7. The Labute approximate surface area is 84.8 Å². The number of carbonyl (C=O) groups excluding carboxylic acids is 1. The Kier molecular flexibility index (Phi) is 2.17. The molecule has 3 nitrogen and oxygen atoms in total. The van der Waals surface area contributed by atoms with Crippen molar-refractivity contribution in [3.8, 4) is 11.1 Å². The lowest BCUT2D eigenvalue weighted by Crippen LogP contribution is -1.96. The summed E-state index contributed by atoms with van der Waals surface area (Å²) < 4.78 is 1.72. The average molecular weight is 202 g/mol. The van der Waals surface area contributed by atoms with Gasteiger partial charge in [-0.3, -0.25) is 4.79 Å². The number of aldehydes is 1. The van der Waals surface area contributed by atoms with Gasteiger partial charge in [0.25, 0.3) is 0 Å². The van der Waals surface area contributed by atoms with E-state index in [1.54, 1.807) is 29.0 Å². The summed E-state index contributed by atoms with van der Waals surface area (Å²) in [6.45, 7) is 0. The van der Waals surface area contributed by atoms with Gasteiger partial charge in [0.15, 0.2) is 6.29 Å². The van der Waals surface area contributed by atoms with Crippen molar-refractivity contribution >= 4 is 17.6 Å². The van der Waals surface area contributed by atoms with Crippen LogP contribution in [0.4, 0.5) is 0 Å². The van der Waals surface area contributed by atoms with E-state index in [0.29, 0.717) is 11.3 Å². The first-order valence-electron chi connectivity index (χ1n) is 3.97. The second-order valence-electron chi connectivity index (χ2n) is 2.67. The molecular formula is C10H6N2OS. The Balaban J connectivity index is 2.60. The average Bonchev–Trinajstić information content (AvgIpc) is 2.85. The fourth-order valence-corrected chi connectivity index (χ4v) is 2.10. The molecule has 0 radical (unpaired) electrons. The minimum atomic E-state index is 0.559. The minimum absolute atomic E-state index is 0.559. The van der Waals surface area contributed by atoms with Gasteiger partial charge in [0.1, 0.15) is 11.1 Å². The molecule has 0 amide bonds. The van der Waals surface area contributed by atoms with Crippen LogP contribution in [0.3, 0.4) is 0 Å². The largest absolute Gasteiger partial charge is 0.304 e. The summed E-state index contributed by atoms with van der Waals surface area (Å²) in [6, 6.07) is 7.33. The molecule has 0 bridgehead atoms. The normalized spacial score (nSPS) is 9.64. The molecule has 0 N–H and O–H groups in total. The first-order chi connectivity index (χ1) is 6.86. The van der Waals surface area contributed by atoms with E-state index < -0.39 is 0 Å². The maximum atomic E-state index is 10.7. The summed E-state index contributed by atoms with van der Waals surface area (Å²) in [4.78, 5) is 10.7. The predicted octanol–water partition coefficient (Wildman–Crippen LogP) is 2.22. The summed E-state index contributed by atoms with van der Waals surface area (Å²) in [7, 11) is 0. The van der Waals surface area contributed by atoms with Crippen LogP contribution in [-0.2, 0) is 0 Å². The monoisotopic (exact) mass is 202 g/mol. The molecular weight excluding hydrogens is 196 g/mol. The van der Waals surface area contributed by atoms with Crippen molar-refractivity contribution in [3.63, 3.8) is 0 Å². The van der Waals surface area contributed by atoms with Crippen LogP contribution in [0.15, 0.2) is 29.8 Å². The van der Waals surface area contributed by atoms with Crippen molar-refractivity contribution in [2.45, 2.75) is 0 Å². The van der Waals surface area contributed by atoms with Crippen LogP contribution in [0, 0.1) is 11.3 Å². The number of carbonyl (C=O) groups is 1. The third-order valence-corrected chi connectivity index (χ3v) is 2.80. The van der Waals surface area contributed by atoms with E-state index in [4.69, 9.17) is 5.26 Å². The van der Waals surface area contributed by atoms with Gasteiger partial charge in [-0.2, -0.15) is 5.26 Å². The van der Waals surface area contributed by atoms with Crippen LogP contribution in [0.25, 0.3) is 5.00 Å². The lowest BCUT2D eigenvalue weighted by atomic mass is 10.3. The van der Waals surface area contributed by atoms with Crippen molar-refractivity contribution in [1.82, 2.24) is 4.57 Å². The Morgan fingerprint density at radius 3 is 3.07 bits per heavy atom. The second kappa shape index (κ2) is 3.48. The fraction of sp³-hybridized carbons (Fsp3) is 0. The summed E-state index contributed by atoms with van der Waals surface area (Å²) in [5, 5.41) is 11.5. The highest BCUT2D eigenvalue weighted by molar-refractivity contribution is 7.12. The van der Waals surface area contributed by atoms with E-state index in [2.05, 4.69) is 6.07 Å². The molecule has 0 fully saturated rings. The van der Waals surface area contributed by atoms with E-state index >= 15 is 0 Å². The number of aromatic nitrogens is 1. The number of nitriles is 1. The summed E-state index contributed by atoms with van der Waals surface area (Å²) >= 11 is 1.44. The smallest absolute Gasteiger partial charge is 0.166 e. The van der Waals surface area contributed by atoms with Gasteiger partial charge >= 0.3 is 0 Å². The standard InChI is InChI=1S/C10H6N2OS/c11-6-8-3-5-14-10(8)12-4-1-2-9(12)7-13/h1-5,7H. The molecule has 2 aromatic heterocycles. The van der Waals surface area contributed by atoms with Crippen molar-refractivity contribution in [2.75, 3.05) is 0 Å². The third-order valence-electron chi connectivity index (χ3n) is 1.89. The highest BCUT2D eigenvalue weighted by atomic mass is 32.1. The maximum Gasteiger partial charge on any atom is 0.166 e. The van der Waals surface area contributed by atoms with Gasteiger partial charge in [0, 0.05) is 6.20 Å². The van der Waals surface area contributed by atoms with E-state index in [1.165, 1.54) is 11.3 Å². The van der Waals surface area contributed by atoms with Gasteiger partial charge in [-0.25, -0.2) is 0 Å². The Morgan fingerprint density at radius 2 is 2.36 bits per heavy atom. The van der Waals surface area contributed by atoms with Gasteiger partial charge in [0.2, 0.25) is 0 Å². The lowest BCUT2D eigenvalue weighted by Gasteiger charge is -2.01. The predicted molar refractivity (Wildman–Crippen MR) is 53.7 cm³/mol.